The molecule has 0 aromatic carbocycles. The molecule has 2 N–H and O–H groups in total. The summed E-state index contributed by atoms with van der Waals surface area (Å²) < 4.78 is 0. The number of carboxylic acids is 1. The Morgan fingerprint density at radius 3 is 2.60 bits per heavy atom. The summed E-state index contributed by atoms with van der Waals surface area (Å²) in [6, 6.07) is 1.31. The fraction of sp³-hybridized carbons (Fsp3) is 0.571. The van der Waals surface area contributed by atoms with Crippen molar-refractivity contribution in [1.29, 1.82) is 0 Å². The van der Waals surface area contributed by atoms with Crippen LogP contribution in [0.15, 0.2) is 11.4 Å². The van der Waals surface area contributed by atoms with E-state index in [-0.39, 0.29) is 11.6 Å². The topological polar surface area (TPSA) is 69.6 Å². The van der Waals surface area contributed by atoms with Gasteiger partial charge in [-0.1, -0.05) is 13.8 Å². The molecule has 0 spiro atoms. The average molecular weight is 296 g/mol. The Morgan fingerprint density at radius 1 is 1.40 bits per heavy atom. The van der Waals surface area contributed by atoms with Crippen molar-refractivity contribution in [3.8, 4) is 0 Å². The highest BCUT2D eigenvalue weighted by Crippen LogP contribution is 2.26. The molecule has 20 heavy (non-hydrogen) atoms. The third kappa shape index (κ3) is 3.30. The average Bonchev–Trinajstić information content (AvgIpc) is 2.87. The van der Waals surface area contributed by atoms with Crippen molar-refractivity contribution in [2.24, 2.45) is 11.8 Å². The van der Waals surface area contributed by atoms with Crippen LogP contribution in [0.4, 0.5) is 9.80 Å². The lowest BCUT2D eigenvalue weighted by Crippen LogP contribution is -2.41. The zero-order valence-corrected chi connectivity index (χ0v) is 12.6. The molecular weight excluding hydrogens is 276 g/mol. The van der Waals surface area contributed by atoms with Crippen molar-refractivity contribution >= 4 is 28.3 Å². The number of aromatic carboxylic acids is 1. The Bertz CT molecular complexity index is 490. The van der Waals surface area contributed by atoms with E-state index in [1.165, 1.54) is 17.4 Å². The van der Waals surface area contributed by atoms with Crippen LogP contribution in [0.25, 0.3) is 0 Å². The minimum Gasteiger partial charge on any atom is -0.478 e. The van der Waals surface area contributed by atoms with Gasteiger partial charge in [0.2, 0.25) is 0 Å². The van der Waals surface area contributed by atoms with Gasteiger partial charge in [0.05, 0.1) is 5.56 Å². The molecule has 1 fully saturated rings. The number of thiophene rings is 1. The van der Waals surface area contributed by atoms with Gasteiger partial charge >= 0.3 is 12.0 Å². The number of likely N-dealkylation sites (tertiary alicyclic amines) is 1. The highest BCUT2D eigenvalue weighted by Gasteiger charge is 2.25. The first-order chi connectivity index (χ1) is 9.49. The van der Waals surface area contributed by atoms with E-state index in [0.717, 1.165) is 25.9 Å². The number of nitrogens with zero attached hydrogens (tertiary/aromatic N) is 1. The van der Waals surface area contributed by atoms with Gasteiger partial charge in [-0.25, -0.2) is 9.59 Å². The quantitative estimate of drug-likeness (QED) is 0.898. The molecule has 0 saturated carbocycles. The van der Waals surface area contributed by atoms with Crippen LogP contribution in [0.5, 0.6) is 0 Å². The zero-order chi connectivity index (χ0) is 14.7. The number of rotatable bonds is 3. The highest BCUT2D eigenvalue weighted by molar-refractivity contribution is 7.14. The maximum atomic E-state index is 12.1. The van der Waals surface area contributed by atoms with Crippen LogP contribution in [0.3, 0.4) is 0 Å². The van der Waals surface area contributed by atoms with E-state index in [1.807, 2.05) is 0 Å². The first-order valence-corrected chi connectivity index (χ1v) is 7.73. The highest BCUT2D eigenvalue weighted by atomic mass is 32.1. The maximum Gasteiger partial charge on any atom is 0.338 e. The zero-order valence-electron chi connectivity index (χ0n) is 11.8. The number of carboxylic acid groups (broad SMARTS) is 1. The van der Waals surface area contributed by atoms with Gasteiger partial charge in [0.1, 0.15) is 5.00 Å². The number of carbonyl (C=O) groups is 2. The van der Waals surface area contributed by atoms with Crippen molar-refractivity contribution in [1.82, 2.24) is 4.90 Å². The van der Waals surface area contributed by atoms with Gasteiger partial charge in [0, 0.05) is 13.1 Å². The summed E-state index contributed by atoms with van der Waals surface area (Å²) >= 11 is 1.24. The van der Waals surface area contributed by atoms with Gasteiger partial charge in [0.15, 0.2) is 0 Å². The summed E-state index contributed by atoms with van der Waals surface area (Å²) in [5.74, 6) is 0.312. The fourth-order valence-corrected chi connectivity index (χ4v) is 3.29. The molecule has 0 unspecified atom stereocenters. The number of carbonyl (C=O) groups excluding carboxylic acids is 1. The van der Waals surface area contributed by atoms with Gasteiger partial charge in [-0.3, -0.25) is 5.32 Å². The molecule has 1 aromatic heterocycles. The molecule has 2 amide bonds. The van der Waals surface area contributed by atoms with Crippen LogP contribution in [-0.2, 0) is 0 Å². The fourth-order valence-electron chi connectivity index (χ4n) is 2.52. The Kier molecular flexibility index (Phi) is 4.65. The van der Waals surface area contributed by atoms with Crippen LogP contribution >= 0.6 is 11.3 Å². The van der Waals surface area contributed by atoms with E-state index in [4.69, 9.17) is 5.11 Å². The molecule has 110 valence electrons. The summed E-state index contributed by atoms with van der Waals surface area (Å²) in [7, 11) is 0. The molecule has 0 radical (unpaired) electrons. The summed E-state index contributed by atoms with van der Waals surface area (Å²) in [6.45, 7) is 5.90. The first-order valence-electron chi connectivity index (χ1n) is 6.85. The summed E-state index contributed by atoms with van der Waals surface area (Å²) in [6.07, 6.45) is 2.03. The summed E-state index contributed by atoms with van der Waals surface area (Å²) in [4.78, 5) is 24.9. The molecule has 6 heteroatoms. The summed E-state index contributed by atoms with van der Waals surface area (Å²) in [5, 5.41) is 13.8. The standard InChI is InChI=1S/C14H20N2O3S/c1-9(2)10-3-6-16(7-4-10)14(19)15-12-11(13(17)18)5-8-20-12/h5,8-10H,3-4,6-7H2,1-2H3,(H,15,19)(H,17,18). The van der Waals surface area contributed by atoms with Crippen LogP contribution < -0.4 is 5.32 Å². The maximum absolute atomic E-state index is 12.1. The van der Waals surface area contributed by atoms with Crippen molar-refractivity contribution in [2.75, 3.05) is 18.4 Å². The molecule has 1 aliphatic heterocycles. The van der Waals surface area contributed by atoms with Crippen LogP contribution in [0.1, 0.15) is 37.0 Å². The van der Waals surface area contributed by atoms with Crippen LogP contribution in [0, 0.1) is 11.8 Å². The largest absolute Gasteiger partial charge is 0.478 e. The third-order valence-corrected chi connectivity index (χ3v) is 4.72. The van der Waals surface area contributed by atoms with E-state index in [0.29, 0.717) is 16.8 Å². The lowest BCUT2D eigenvalue weighted by molar-refractivity contribution is 0.0698. The van der Waals surface area contributed by atoms with E-state index in [2.05, 4.69) is 19.2 Å². The van der Waals surface area contributed by atoms with Crippen LogP contribution in [-0.4, -0.2) is 35.1 Å². The first kappa shape index (κ1) is 14.8. The van der Waals surface area contributed by atoms with Gasteiger partial charge in [0.25, 0.3) is 0 Å². The van der Waals surface area contributed by atoms with Gasteiger partial charge in [-0.05, 0) is 36.1 Å². The molecular formula is C14H20N2O3S. The number of nitrogens with one attached hydrogen (secondary N) is 1. The van der Waals surface area contributed by atoms with Crippen molar-refractivity contribution in [3.63, 3.8) is 0 Å². The Balaban J connectivity index is 1.93. The second kappa shape index (κ2) is 6.26. The van der Waals surface area contributed by atoms with Gasteiger partial charge < -0.3 is 10.0 Å². The van der Waals surface area contributed by atoms with E-state index in [9.17, 15) is 9.59 Å². The number of hydrogen-bond donors (Lipinski definition) is 2. The lowest BCUT2D eigenvalue weighted by atomic mass is 9.87. The molecule has 0 atom stereocenters. The second-order valence-corrected chi connectivity index (χ2v) is 6.38. The monoisotopic (exact) mass is 296 g/mol. The number of urea groups is 1. The van der Waals surface area contributed by atoms with E-state index in [1.54, 1.807) is 10.3 Å². The van der Waals surface area contributed by atoms with E-state index < -0.39 is 5.97 Å². The van der Waals surface area contributed by atoms with E-state index >= 15 is 0 Å². The minimum atomic E-state index is -1.01. The van der Waals surface area contributed by atoms with Crippen molar-refractivity contribution in [2.45, 2.75) is 26.7 Å². The Labute approximate surface area is 122 Å². The molecule has 2 rings (SSSR count). The smallest absolute Gasteiger partial charge is 0.338 e. The molecule has 2 heterocycles. The molecule has 1 aliphatic rings. The second-order valence-electron chi connectivity index (χ2n) is 5.47. The molecule has 0 aliphatic carbocycles. The lowest BCUT2D eigenvalue weighted by Gasteiger charge is -2.33. The molecule has 0 bridgehead atoms. The molecule has 1 saturated heterocycles. The van der Waals surface area contributed by atoms with Gasteiger partial charge in [-0.2, -0.15) is 0 Å². The molecule has 5 nitrogen and oxygen atoms in total. The van der Waals surface area contributed by atoms with Gasteiger partial charge in [-0.15, -0.1) is 11.3 Å². The predicted octanol–water partition coefficient (Wildman–Crippen LogP) is 3.35. The normalized spacial score (nSPS) is 16.4. The SMILES string of the molecule is CC(C)C1CCN(C(=O)Nc2sccc2C(=O)O)CC1. The number of hydrogen-bond acceptors (Lipinski definition) is 3. The van der Waals surface area contributed by atoms with Crippen molar-refractivity contribution in [3.05, 3.63) is 17.0 Å². The minimum absolute atomic E-state index is 0.153. The number of anilines is 1. The third-order valence-electron chi connectivity index (χ3n) is 3.89. The van der Waals surface area contributed by atoms with Crippen LogP contribution in [0.2, 0.25) is 0 Å². The number of amides is 2. The van der Waals surface area contributed by atoms with Crippen molar-refractivity contribution < 1.29 is 14.7 Å². The summed E-state index contributed by atoms with van der Waals surface area (Å²) in [5.41, 5.74) is 0.153. The molecule has 1 aromatic rings. The Hall–Kier alpha value is -1.56. The predicted molar refractivity (Wildman–Crippen MR) is 79.4 cm³/mol. The number of piperidine rings is 1. The Morgan fingerprint density at radius 2 is 2.05 bits per heavy atom.